The van der Waals surface area contributed by atoms with Gasteiger partial charge >= 0.3 is 12.0 Å². The smallest absolute Gasteiger partial charge is 0.328 e. The van der Waals surface area contributed by atoms with E-state index in [0.717, 1.165) is 19.3 Å². The van der Waals surface area contributed by atoms with Gasteiger partial charge in [-0.25, -0.2) is 9.59 Å². The Hall–Kier alpha value is -1.30. The van der Waals surface area contributed by atoms with Crippen molar-refractivity contribution in [2.75, 3.05) is 26.9 Å². The van der Waals surface area contributed by atoms with Gasteiger partial charge in [0.2, 0.25) is 0 Å². The molecule has 2 unspecified atom stereocenters. The van der Waals surface area contributed by atoms with E-state index in [-0.39, 0.29) is 18.0 Å². The van der Waals surface area contributed by atoms with Crippen LogP contribution < -0.4 is 5.32 Å². The van der Waals surface area contributed by atoms with Gasteiger partial charge in [-0.2, -0.15) is 0 Å². The van der Waals surface area contributed by atoms with Crippen molar-refractivity contribution in [3.63, 3.8) is 0 Å². The average molecular weight is 256 g/mol. The summed E-state index contributed by atoms with van der Waals surface area (Å²) in [5, 5.41) is 2.91. The number of piperidine rings is 1. The average Bonchev–Trinajstić information content (AvgIpc) is 2.90. The van der Waals surface area contributed by atoms with Crippen LogP contribution in [0.5, 0.6) is 0 Å². The molecule has 2 rings (SSSR count). The second-order valence-electron chi connectivity index (χ2n) is 4.74. The molecule has 2 atom stereocenters. The normalized spacial score (nSPS) is 27.9. The highest BCUT2D eigenvalue weighted by Gasteiger charge is 2.33. The molecule has 2 saturated heterocycles. The van der Waals surface area contributed by atoms with Crippen LogP contribution in [0.15, 0.2) is 0 Å². The van der Waals surface area contributed by atoms with Gasteiger partial charge in [0.05, 0.1) is 19.8 Å². The van der Waals surface area contributed by atoms with Crippen molar-refractivity contribution in [1.29, 1.82) is 0 Å². The molecule has 102 valence electrons. The Morgan fingerprint density at radius 3 is 2.83 bits per heavy atom. The molecule has 0 bridgehead atoms. The lowest BCUT2D eigenvalue weighted by atomic mass is 10.0. The van der Waals surface area contributed by atoms with Crippen molar-refractivity contribution < 1.29 is 19.1 Å². The van der Waals surface area contributed by atoms with Crippen LogP contribution in [0.4, 0.5) is 4.79 Å². The molecule has 2 amide bonds. The van der Waals surface area contributed by atoms with Crippen molar-refractivity contribution in [3.05, 3.63) is 0 Å². The van der Waals surface area contributed by atoms with E-state index in [1.165, 1.54) is 7.11 Å². The molecule has 2 aliphatic rings. The maximum atomic E-state index is 12.1. The van der Waals surface area contributed by atoms with Crippen molar-refractivity contribution in [1.82, 2.24) is 10.2 Å². The molecule has 2 aliphatic heterocycles. The molecule has 0 aliphatic carbocycles. The Morgan fingerprint density at radius 1 is 1.33 bits per heavy atom. The third kappa shape index (κ3) is 2.93. The molecule has 18 heavy (non-hydrogen) atoms. The maximum absolute atomic E-state index is 12.1. The van der Waals surface area contributed by atoms with E-state index in [9.17, 15) is 9.59 Å². The fraction of sp³-hybridized carbons (Fsp3) is 0.833. The molecule has 0 aromatic rings. The van der Waals surface area contributed by atoms with Gasteiger partial charge in [-0.3, -0.25) is 0 Å². The molecule has 2 heterocycles. The largest absolute Gasteiger partial charge is 0.467 e. The summed E-state index contributed by atoms with van der Waals surface area (Å²) in [7, 11) is 1.36. The zero-order valence-corrected chi connectivity index (χ0v) is 10.7. The van der Waals surface area contributed by atoms with Crippen molar-refractivity contribution >= 4 is 12.0 Å². The molecule has 6 nitrogen and oxygen atoms in total. The highest BCUT2D eigenvalue weighted by Crippen LogP contribution is 2.18. The van der Waals surface area contributed by atoms with Gasteiger partial charge in [0.1, 0.15) is 6.04 Å². The fourth-order valence-electron chi connectivity index (χ4n) is 2.46. The SMILES string of the molecule is COC(=O)C1CCCCN1C(=O)NC1CCOC1. The molecule has 0 aromatic heterocycles. The number of hydrogen-bond donors (Lipinski definition) is 1. The molecule has 0 spiro atoms. The Balaban J connectivity index is 1.94. The summed E-state index contributed by atoms with van der Waals surface area (Å²) >= 11 is 0. The number of likely N-dealkylation sites (tertiary alicyclic amines) is 1. The predicted octanol–water partition coefficient (Wildman–Crippen LogP) is 0.512. The van der Waals surface area contributed by atoms with Gasteiger partial charge < -0.3 is 19.7 Å². The Bertz CT molecular complexity index is 315. The summed E-state index contributed by atoms with van der Waals surface area (Å²) in [4.78, 5) is 25.4. The molecule has 0 aromatic carbocycles. The van der Waals surface area contributed by atoms with E-state index in [4.69, 9.17) is 9.47 Å². The molecule has 2 fully saturated rings. The zero-order chi connectivity index (χ0) is 13.0. The number of urea groups is 1. The van der Waals surface area contributed by atoms with Crippen LogP contribution in [0, 0.1) is 0 Å². The number of carbonyl (C=O) groups is 2. The first-order valence-corrected chi connectivity index (χ1v) is 6.45. The van der Waals surface area contributed by atoms with Gasteiger partial charge in [0, 0.05) is 13.2 Å². The summed E-state index contributed by atoms with van der Waals surface area (Å²) in [6.45, 7) is 1.85. The van der Waals surface area contributed by atoms with Gasteiger partial charge in [-0.15, -0.1) is 0 Å². The lowest BCUT2D eigenvalue weighted by Crippen LogP contribution is -2.54. The summed E-state index contributed by atoms with van der Waals surface area (Å²) < 4.78 is 9.97. The summed E-state index contributed by atoms with van der Waals surface area (Å²) in [6, 6.07) is -0.551. The highest BCUT2D eigenvalue weighted by molar-refractivity contribution is 5.84. The number of nitrogens with one attached hydrogen (secondary N) is 1. The third-order valence-electron chi connectivity index (χ3n) is 3.49. The zero-order valence-electron chi connectivity index (χ0n) is 10.7. The second kappa shape index (κ2) is 6.04. The minimum absolute atomic E-state index is 0.0673. The van der Waals surface area contributed by atoms with Crippen LogP contribution in [-0.2, 0) is 14.3 Å². The number of esters is 1. The maximum Gasteiger partial charge on any atom is 0.328 e. The van der Waals surface area contributed by atoms with E-state index < -0.39 is 6.04 Å². The van der Waals surface area contributed by atoms with Crippen LogP contribution in [0.1, 0.15) is 25.7 Å². The number of hydrogen-bond acceptors (Lipinski definition) is 4. The van der Waals surface area contributed by atoms with E-state index in [2.05, 4.69) is 5.32 Å². The van der Waals surface area contributed by atoms with Crippen LogP contribution in [0.2, 0.25) is 0 Å². The van der Waals surface area contributed by atoms with Gasteiger partial charge in [0.25, 0.3) is 0 Å². The van der Waals surface area contributed by atoms with Crippen molar-refractivity contribution in [2.45, 2.75) is 37.8 Å². The lowest BCUT2D eigenvalue weighted by molar-refractivity contribution is -0.146. The number of ether oxygens (including phenoxy) is 2. The number of amides is 2. The lowest BCUT2D eigenvalue weighted by Gasteiger charge is -2.34. The Kier molecular flexibility index (Phi) is 4.41. The highest BCUT2D eigenvalue weighted by atomic mass is 16.5. The Morgan fingerprint density at radius 2 is 2.17 bits per heavy atom. The molecule has 0 saturated carbocycles. The first kappa shape index (κ1) is 13.1. The number of carbonyl (C=O) groups excluding carboxylic acids is 2. The summed E-state index contributed by atoms with van der Waals surface area (Å²) in [6.07, 6.45) is 3.40. The van der Waals surface area contributed by atoms with E-state index >= 15 is 0 Å². The molecule has 1 N–H and O–H groups in total. The van der Waals surface area contributed by atoms with Gasteiger partial charge in [-0.1, -0.05) is 0 Å². The summed E-state index contributed by atoms with van der Waals surface area (Å²) in [5.41, 5.74) is 0. The van der Waals surface area contributed by atoms with E-state index in [1.54, 1.807) is 4.90 Å². The van der Waals surface area contributed by atoms with Crippen molar-refractivity contribution in [3.8, 4) is 0 Å². The molecular weight excluding hydrogens is 236 g/mol. The minimum atomic E-state index is -0.439. The Labute approximate surface area is 107 Å². The van der Waals surface area contributed by atoms with E-state index in [1.807, 2.05) is 0 Å². The van der Waals surface area contributed by atoms with Crippen LogP contribution in [-0.4, -0.2) is 55.9 Å². The first-order valence-electron chi connectivity index (χ1n) is 6.45. The number of rotatable bonds is 2. The molecule has 6 heteroatoms. The topological polar surface area (TPSA) is 67.9 Å². The molecular formula is C12H20N2O4. The number of methoxy groups -OCH3 is 1. The van der Waals surface area contributed by atoms with Crippen LogP contribution >= 0.6 is 0 Å². The summed E-state index contributed by atoms with van der Waals surface area (Å²) in [5.74, 6) is -0.326. The van der Waals surface area contributed by atoms with Crippen LogP contribution in [0.3, 0.4) is 0 Å². The standard InChI is InChI=1S/C12H20N2O4/c1-17-11(15)10-4-2-3-6-14(10)12(16)13-9-5-7-18-8-9/h9-10H,2-8H2,1H3,(H,13,16). The quantitative estimate of drug-likeness (QED) is 0.731. The predicted molar refractivity (Wildman–Crippen MR) is 64.1 cm³/mol. The van der Waals surface area contributed by atoms with E-state index in [0.29, 0.717) is 26.2 Å². The second-order valence-corrected chi connectivity index (χ2v) is 4.74. The molecule has 0 radical (unpaired) electrons. The minimum Gasteiger partial charge on any atom is -0.467 e. The monoisotopic (exact) mass is 256 g/mol. The van der Waals surface area contributed by atoms with Gasteiger partial charge in [-0.05, 0) is 25.7 Å². The first-order chi connectivity index (χ1) is 8.72. The third-order valence-corrected chi connectivity index (χ3v) is 3.49. The fourth-order valence-corrected chi connectivity index (χ4v) is 2.46. The van der Waals surface area contributed by atoms with Crippen molar-refractivity contribution in [2.24, 2.45) is 0 Å². The van der Waals surface area contributed by atoms with Crippen LogP contribution in [0.25, 0.3) is 0 Å². The van der Waals surface area contributed by atoms with Gasteiger partial charge in [0.15, 0.2) is 0 Å². The number of nitrogens with zero attached hydrogens (tertiary/aromatic N) is 1.